The largest absolute Gasteiger partial charge is 0.476 e. The van der Waals surface area contributed by atoms with Gasteiger partial charge < -0.3 is 18.8 Å². The number of pyridine rings is 1. The van der Waals surface area contributed by atoms with E-state index in [1.54, 1.807) is 11.8 Å². The summed E-state index contributed by atoms with van der Waals surface area (Å²) in [7, 11) is 0. The molecule has 2 fully saturated rings. The van der Waals surface area contributed by atoms with Gasteiger partial charge in [-0.3, -0.25) is 4.79 Å². The maximum atomic E-state index is 13.6. The van der Waals surface area contributed by atoms with E-state index in [2.05, 4.69) is 9.97 Å². The molecular formula is C18H20FN3O4. The minimum Gasteiger partial charge on any atom is -0.476 e. The normalized spacial score (nSPS) is 21.0. The molecule has 0 aromatic carbocycles. The van der Waals surface area contributed by atoms with E-state index in [1.807, 2.05) is 0 Å². The Bertz CT molecular complexity index is 803. The number of ether oxygens (including phenoxy) is 2. The van der Waals surface area contributed by atoms with Gasteiger partial charge in [0.15, 0.2) is 12.2 Å². The van der Waals surface area contributed by atoms with Gasteiger partial charge in [-0.15, -0.1) is 0 Å². The molecule has 1 atom stereocenters. The third-order valence-electron chi connectivity index (χ3n) is 5.17. The van der Waals surface area contributed by atoms with E-state index in [0.717, 1.165) is 12.8 Å². The lowest BCUT2D eigenvalue weighted by atomic mass is 9.79. The van der Waals surface area contributed by atoms with Gasteiger partial charge in [0.05, 0.1) is 25.4 Å². The van der Waals surface area contributed by atoms with Crippen molar-refractivity contribution < 1.29 is 23.1 Å². The number of likely N-dealkylation sites (tertiary alicyclic amines) is 1. The first kappa shape index (κ1) is 17.0. The van der Waals surface area contributed by atoms with Crippen LogP contribution in [-0.4, -0.2) is 52.7 Å². The third-order valence-corrected chi connectivity index (χ3v) is 5.17. The van der Waals surface area contributed by atoms with Crippen molar-refractivity contribution in [2.75, 3.05) is 26.3 Å². The van der Waals surface area contributed by atoms with Crippen molar-refractivity contribution in [3.05, 3.63) is 42.0 Å². The summed E-state index contributed by atoms with van der Waals surface area (Å²) in [5.74, 6) is -0.0661. The number of nitrogens with zero attached hydrogens (tertiary/aromatic N) is 3. The van der Waals surface area contributed by atoms with Crippen LogP contribution in [0.3, 0.4) is 0 Å². The number of carbonyl (C=O) groups excluding carboxylic acids is 1. The highest BCUT2D eigenvalue weighted by atomic mass is 19.1. The Morgan fingerprint density at radius 3 is 3.04 bits per heavy atom. The van der Waals surface area contributed by atoms with Crippen molar-refractivity contribution in [1.29, 1.82) is 0 Å². The van der Waals surface area contributed by atoms with Crippen molar-refractivity contribution in [3.63, 3.8) is 0 Å². The lowest BCUT2D eigenvalue weighted by Crippen LogP contribution is -2.66. The standard InChI is InChI=1S/C18H20FN3O4/c1-12-15(25-11-21-12)17(23)22-9-18(10-22)13(5-8-26-18)4-7-24-16-14(19)3-2-6-20-16/h2-3,6,11,13H,4-5,7-10H2,1H3. The van der Waals surface area contributed by atoms with Crippen LogP contribution in [0.5, 0.6) is 5.88 Å². The fraction of sp³-hybridized carbons (Fsp3) is 0.500. The molecule has 0 saturated carbocycles. The minimum atomic E-state index is -0.465. The maximum Gasteiger partial charge on any atom is 0.291 e. The molecule has 2 aliphatic rings. The van der Waals surface area contributed by atoms with Crippen molar-refractivity contribution in [3.8, 4) is 5.88 Å². The van der Waals surface area contributed by atoms with Crippen molar-refractivity contribution in [2.45, 2.75) is 25.4 Å². The topological polar surface area (TPSA) is 77.7 Å². The summed E-state index contributed by atoms with van der Waals surface area (Å²) < 4.78 is 30.2. The Hall–Kier alpha value is -2.48. The number of carbonyl (C=O) groups is 1. The van der Waals surface area contributed by atoms with E-state index in [4.69, 9.17) is 13.9 Å². The molecule has 26 heavy (non-hydrogen) atoms. The molecule has 2 aromatic rings. The molecule has 1 spiro atoms. The van der Waals surface area contributed by atoms with E-state index in [-0.39, 0.29) is 29.1 Å². The Morgan fingerprint density at radius 1 is 1.46 bits per heavy atom. The van der Waals surface area contributed by atoms with Crippen LogP contribution in [0.1, 0.15) is 29.1 Å². The first-order chi connectivity index (χ1) is 12.6. The molecule has 0 radical (unpaired) electrons. The lowest BCUT2D eigenvalue weighted by molar-refractivity contribution is -0.119. The highest BCUT2D eigenvalue weighted by molar-refractivity contribution is 5.93. The number of aryl methyl sites for hydroxylation is 1. The second-order valence-corrected chi connectivity index (χ2v) is 6.75. The molecule has 2 saturated heterocycles. The van der Waals surface area contributed by atoms with Gasteiger partial charge in [-0.25, -0.2) is 14.4 Å². The van der Waals surface area contributed by atoms with Gasteiger partial charge in [0.1, 0.15) is 5.60 Å². The van der Waals surface area contributed by atoms with E-state index in [1.165, 1.54) is 24.7 Å². The maximum absolute atomic E-state index is 13.6. The Kier molecular flexibility index (Phi) is 4.36. The Morgan fingerprint density at radius 2 is 2.31 bits per heavy atom. The van der Waals surface area contributed by atoms with Crippen molar-refractivity contribution in [2.24, 2.45) is 5.92 Å². The molecule has 1 unspecified atom stereocenters. The molecule has 2 aliphatic heterocycles. The van der Waals surface area contributed by atoms with Gasteiger partial charge in [0, 0.05) is 12.8 Å². The average Bonchev–Trinajstić information content (AvgIpc) is 3.21. The van der Waals surface area contributed by atoms with Gasteiger partial charge in [-0.2, -0.15) is 0 Å². The van der Waals surface area contributed by atoms with Crippen molar-refractivity contribution in [1.82, 2.24) is 14.9 Å². The van der Waals surface area contributed by atoms with Gasteiger partial charge in [0.2, 0.25) is 11.6 Å². The van der Waals surface area contributed by atoms with Crippen LogP contribution in [0.4, 0.5) is 4.39 Å². The molecule has 1 amide bonds. The van der Waals surface area contributed by atoms with Gasteiger partial charge in [0.25, 0.3) is 5.91 Å². The molecular weight excluding hydrogens is 341 g/mol. The smallest absolute Gasteiger partial charge is 0.291 e. The zero-order valence-corrected chi connectivity index (χ0v) is 14.5. The first-order valence-electron chi connectivity index (χ1n) is 8.66. The summed E-state index contributed by atoms with van der Waals surface area (Å²) in [5.41, 5.74) is 0.251. The Labute approximate surface area is 150 Å². The highest BCUT2D eigenvalue weighted by Crippen LogP contribution is 2.42. The molecule has 2 aromatic heterocycles. The number of oxazole rings is 1. The molecule has 4 heterocycles. The van der Waals surface area contributed by atoms with Gasteiger partial charge >= 0.3 is 0 Å². The molecule has 4 rings (SSSR count). The fourth-order valence-corrected chi connectivity index (χ4v) is 3.71. The summed E-state index contributed by atoms with van der Waals surface area (Å²) in [6.07, 6.45) is 4.40. The predicted molar refractivity (Wildman–Crippen MR) is 88.2 cm³/mol. The first-order valence-corrected chi connectivity index (χ1v) is 8.66. The quantitative estimate of drug-likeness (QED) is 0.813. The summed E-state index contributed by atoms with van der Waals surface area (Å²) in [6, 6.07) is 2.85. The second kappa shape index (κ2) is 6.68. The monoisotopic (exact) mass is 361 g/mol. The van der Waals surface area contributed by atoms with Crippen molar-refractivity contribution >= 4 is 5.91 Å². The van der Waals surface area contributed by atoms with E-state index in [0.29, 0.717) is 32.0 Å². The van der Waals surface area contributed by atoms with Crippen LogP contribution in [0.15, 0.2) is 29.1 Å². The van der Waals surface area contributed by atoms with E-state index < -0.39 is 5.82 Å². The number of hydrogen-bond acceptors (Lipinski definition) is 6. The van der Waals surface area contributed by atoms with Crippen LogP contribution in [0, 0.1) is 18.7 Å². The number of rotatable bonds is 5. The van der Waals surface area contributed by atoms with Crippen LogP contribution in [-0.2, 0) is 4.74 Å². The molecule has 0 bridgehead atoms. The Balaban J connectivity index is 1.32. The molecule has 0 N–H and O–H groups in total. The summed E-state index contributed by atoms with van der Waals surface area (Å²) in [4.78, 5) is 22.0. The second-order valence-electron chi connectivity index (χ2n) is 6.75. The highest BCUT2D eigenvalue weighted by Gasteiger charge is 2.54. The number of halogens is 1. The zero-order chi connectivity index (χ0) is 18.1. The number of aromatic nitrogens is 2. The third kappa shape index (κ3) is 2.94. The predicted octanol–water partition coefficient (Wildman–Crippen LogP) is 2.22. The number of amides is 1. The van der Waals surface area contributed by atoms with Gasteiger partial charge in [-0.1, -0.05) is 0 Å². The van der Waals surface area contributed by atoms with Gasteiger partial charge in [-0.05, 0) is 37.8 Å². The lowest BCUT2D eigenvalue weighted by Gasteiger charge is -2.50. The van der Waals surface area contributed by atoms with Crippen LogP contribution in [0.2, 0.25) is 0 Å². The molecule has 8 heteroatoms. The van der Waals surface area contributed by atoms with E-state index >= 15 is 0 Å². The SMILES string of the molecule is Cc1ncoc1C(=O)N1CC2(C1)OCCC2CCOc1ncccc1F. The molecule has 138 valence electrons. The minimum absolute atomic E-state index is 0.0201. The molecule has 0 aliphatic carbocycles. The summed E-state index contributed by atoms with van der Waals surface area (Å²) >= 11 is 0. The summed E-state index contributed by atoms with van der Waals surface area (Å²) in [5, 5.41) is 0. The van der Waals surface area contributed by atoms with Crippen LogP contribution >= 0.6 is 0 Å². The van der Waals surface area contributed by atoms with Crippen LogP contribution < -0.4 is 4.74 Å². The summed E-state index contributed by atoms with van der Waals surface area (Å²) in [6.45, 7) is 3.81. The fourth-order valence-electron chi connectivity index (χ4n) is 3.71. The number of hydrogen-bond donors (Lipinski definition) is 0. The average molecular weight is 361 g/mol. The van der Waals surface area contributed by atoms with Crippen LogP contribution in [0.25, 0.3) is 0 Å². The zero-order valence-electron chi connectivity index (χ0n) is 14.5. The van der Waals surface area contributed by atoms with E-state index in [9.17, 15) is 9.18 Å². The molecule has 7 nitrogen and oxygen atoms in total.